The van der Waals surface area contributed by atoms with Crippen LogP contribution in [-0.2, 0) is 0 Å². The van der Waals surface area contributed by atoms with Crippen molar-refractivity contribution in [2.24, 2.45) is 0 Å². The topological polar surface area (TPSA) is 38.7 Å². The second kappa shape index (κ2) is 6.35. The first kappa shape index (κ1) is 15.0. The molecule has 5 heteroatoms. The highest BCUT2D eigenvalue weighted by atomic mass is 35.5. The van der Waals surface area contributed by atoms with Crippen LogP contribution in [0, 0.1) is 0 Å². The Morgan fingerprint density at radius 1 is 0.950 bits per heavy atom. The van der Waals surface area contributed by atoms with Crippen molar-refractivity contribution in [1.82, 2.24) is 0 Å². The first-order valence-electron chi connectivity index (χ1n) is 5.91. The van der Waals surface area contributed by atoms with E-state index in [-0.39, 0.29) is 0 Å². The van der Waals surface area contributed by atoms with Gasteiger partial charge in [-0.15, -0.1) is 0 Å². The molecular weight excluding hydrogens is 299 g/mol. The van der Waals surface area contributed by atoms with Gasteiger partial charge in [0.25, 0.3) is 0 Å². The number of hydrogen-bond acceptors (Lipinski definition) is 3. The predicted octanol–water partition coefficient (Wildman–Crippen LogP) is 4.09. The summed E-state index contributed by atoms with van der Waals surface area (Å²) in [7, 11) is 3.07. The molecule has 20 heavy (non-hydrogen) atoms. The molecule has 0 spiro atoms. The molecule has 0 saturated carbocycles. The number of benzene rings is 2. The third-order valence-electron chi connectivity index (χ3n) is 2.98. The Hall–Kier alpha value is -1.42. The minimum atomic E-state index is -0.880. The van der Waals surface area contributed by atoms with Gasteiger partial charge in [-0.05, 0) is 35.9 Å². The molecule has 0 aliphatic rings. The Bertz CT molecular complexity index is 614. The Kier molecular flexibility index (Phi) is 4.76. The fraction of sp³-hybridized carbons (Fsp3) is 0.200. The number of aliphatic hydroxyl groups excluding tert-OH is 1. The van der Waals surface area contributed by atoms with Crippen molar-refractivity contribution < 1.29 is 14.6 Å². The van der Waals surface area contributed by atoms with Gasteiger partial charge >= 0.3 is 0 Å². The summed E-state index contributed by atoms with van der Waals surface area (Å²) in [5.41, 5.74) is 1.23. The molecule has 2 rings (SSSR count). The number of aliphatic hydroxyl groups is 1. The van der Waals surface area contributed by atoms with Crippen molar-refractivity contribution in [2.45, 2.75) is 6.10 Å². The second-order valence-corrected chi connectivity index (χ2v) is 5.03. The smallest absolute Gasteiger partial charge is 0.137 e. The number of methoxy groups -OCH3 is 2. The molecule has 0 heterocycles. The number of hydrogen-bond donors (Lipinski definition) is 1. The molecule has 0 aromatic heterocycles. The van der Waals surface area contributed by atoms with Crippen LogP contribution in [0.5, 0.6) is 11.5 Å². The third kappa shape index (κ3) is 3.01. The number of halogens is 2. The Balaban J connectivity index is 2.45. The van der Waals surface area contributed by atoms with Crippen molar-refractivity contribution in [1.29, 1.82) is 0 Å². The molecule has 0 radical (unpaired) electrons. The van der Waals surface area contributed by atoms with Crippen LogP contribution >= 0.6 is 23.2 Å². The van der Waals surface area contributed by atoms with Gasteiger partial charge in [-0.2, -0.15) is 0 Å². The largest absolute Gasteiger partial charge is 0.496 e. The highest BCUT2D eigenvalue weighted by Crippen LogP contribution is 2.35. The van der Waals surface area contributed by atoms with Crippen LogP contribution in [-0.4, -0.2) is 19.3 Å². The van der Waals surface area contributed by atoms with Gasteiger partial charge in [0.15, 0.2) is 0 Å². The Morgan fingerprint density at radius 2 is 1.65 bits per heavy atom. The fourth-order valence-electron chi connectivity index (χ4n) is 1.94. The average molecular weight is 313 g/mol. The van der Waals surface area contributed by atoms with Crippen molar-refractivity contribution in [2.75, 3.05) is 14.2 Å². The monoisotopic (exact) mass is 312 g/mol. The van der Waals surface area contributed by atoms with Crippen molar-refractivity contribution >= 4 is 23.2 Å². The standard InChI is InChI=1S/C15H14Cl2O3/c1-19-13-6-4-10(16)8-11(13)15(18)9-3-5-12(17)14(7-9)20-2/h3-8,15,18H,1-2H3. The van der Waals surface area contributed by atoms with Gasteiger partial charge in [0.05, 0.1) is 19.2 Å². The third-order valence-corrected chi connectivity index (χ3v) is 3.52. The normalized spacial score (nSPS) is 12.1. The van der Waals surface area contributed by atoms with E-state index in [1.54, 1.807) is 43.5 Å². The molecule has 0 aliphatic carbocycles. The van der Waals surface area contributed by atoms with E-state index in [2.05, 4.69) is 0 Å². The van der Waals surface area contributed by atoms with Crippen molar-refractivity contribution in [3.8, 4) is 11.5 Å². The van der Waals surface area contributed by atoms with Crippen molar-refractivity contribution in [3.05, 3.63) is 57.6 Å². The Morgan fingerprint density at radius 3 is 2.30 bits per heavy atom. The van der Waals surface area contributed by atoms with Crippen molar-refractivity contribution in [3.63, 3.8) is 0 Å². The maximum Gasteiger partial charge on any atom is 0.137 e. The summed E-state index contributed by atoms with van der Waals surface area (Å²) in [6, 6.07) is 10.2. The predicted molar refractivity (Wildman–Crippen MR) is 80.1 cm³/mol. The summed E-state index contributed by atoms with van der Waals surface area (Å²) in [4.78, 5) is 0. The van der Waals surface area contributed by atoms with Gasteiger partial charge in [-0.1, -0.05) is 29.3 Å². The van der Waals surface area contributed by atoms with Gasteiger partial charge in [-0.3, -0.25) is 0 Å². The lowest BCUT2D eigenvalue weighted by molar-refractivity contribution is 0.214. The molecule has 0 saturated heterocycles. The van der Waals surface area contributed by atoms with Gasteiger partial charge in [0.1, 0.15) is 17.6 Å². The molecule has 0 aliphatic heterocycles. The number of rotatable bonds is 4. The van der Waals surface area contributed by atoms with E-state index in [1.807, 2.05) is 0 Å². The Labute approximate surface area is 127 Å². The van der Waals surface area contributed by atoms with Crippen LogP contribution < -0.4 is 9.47 Å². The summed E-state index contributed by atoms with van der Waals surface area (Å²) in [6.07, 6.45) is -0.880. The molecule has 3 nitrogen and oxygen atoms in total. The molecule has 0 amide bonds. The van der Waals surface area contributed by atoms with Gasteiger partial charge in [0.2, 0.25) is 0 Å². The van der Waals surface area contributed by atoms with E-state index in [0.29, 0.717) is 32.7 Å². The summed E-state index contributed by atoms with van der Waals surface area (Å²) in [5.74, 6) is 1.07. The van der Waals surface area contributed by atoms with Gasteiger partial charge in [0, 0.05) is 10.6 Å². The zero-order valence-corrected chi connectivity index (χ0v) is 12.6. The lowest BCUT2D eigenvalue weighted by atomic mass is 10.0. The summed E-state index contributed by atoms with van der Waals surface area (Å²) >= 11 is 12.0. The van der Waals surface area contributed by atoms with Crippen LogP contribution in [0.2, 0.25) is 10.0 Å². The molecular formula is C15H14Cl2O3. The number of ether oxygens (including phenoxy) is 2. The molecule has 0 fully saturated rings. The van der Waals surface area contributed by atoms with Gasteiger partial charge < -0.3 is 14.6 Å². The van der Waals surface area contributed by atoms with Gasteiger partial charge in [-0.25, -0.2) is 0 Å². The fourth-order valence-corrected chi connectivity index (χ4v) is 2.32. The first-order valence-corrected chi connectivity index (χ1v) is 6.67. The van der Waals surface area contributed by atoms with E-state index in [0.717, 1.165) is 0 Å². The molecule has 106 valence electrons. The summed E-state index contributed by atoms with van der Waals surface area (Å²) in [6.45, 7) is 0. The van der Waals surface area contributed by atoms with E-state index < -0.39 is 6.10 Å². The highest BCUT2D eigenvalue weighted by molar-refractivity contribution is 6.32. The lowest BCUT2D eigenvalue weighted by Gasteiger charge is -2.16. The average Bonchev–Trinajstić information content (AvgIpc) is 2.47. The highest BCUT2D eigenvalue weighted by Gasteiger charge is 2.17. The minimum absolute atomic E-state index is 0.488. The second-order valence-electron chi connectivity index (χ2n) is 4.18. The minimum Gasteiger partial charge on any atom is -0.496 e. The molecule has 2 aromatic rings. The molecule has 1 unspecified atom stereocenters. The zero-order chi connectivity index (χ0) is 14.7. The van der Waals surface area contributed by atoms with Crippen LogP contribution in [0.1, 0.15) is 17.2 Å². The molecule has 1 N–H and O–H groups in total. The summed E-state index contributed by atoms with van der Waals surface area (Å²) < 4.78 is 10.4. The van der Waals surface area contributed by atoms with E-state index in [1.165, 1.54) is 7.11 Å². The summed E-state index contributed by atoms with van der Waals surface area (Å²) in [5, 5.41) is 11.5. The maximum atomic E-state index is 10.5. The zero-order valence-electron chi connectivity index (χ0n) is 11.1. The van der Waals surface area contributed by atoms with Crippen LogP contribution in [0.3, 0.4) is 0 Å². The maximum absolute atomic E-state index is 10.5. The molecule has 1 atom stereocenters. The SMILES string of the molecule is COc1cc(C(O)c2cc(Cl)ccc2OC)ccc1Cl. The van der Waals surface area contributed by atoms with E-state index >= 15 is 0 Å². The van der Waals surface area contributed by atoms with Crippen LogP contribution in [0.15, 0.2) is 36.4 Å². The van der Waals surface area contributed by atoms with E-state index in [9.17, 15) is 5.11 Å². The van der Waals surface area contributed by atoms with E-state index in [4.69, 9.17) is 32.7 Å². The quantitative estimate of drug-likeness (QED) is 0.924. The first-order chi connectivity index (χ1) is 9.56. The molecule has 2 aromatic carbocycles. The lowest BCUT2D eigenvalue weighted by Crippen LogP contribution is -2.03. The van der Waals surface area contributed by atoms with Crippen LogP contribution in [0.25, 0.3) is 0 Å². The van der Waals surface area contributed by atoms with Crippen LogP contribution in [0.4, 0.5) is 0 Å². The molecule has 0 bridgehead atoms.